The monoisotopic (exact) mass is 348 g/mol. The fourth-order valence-electron chi connectivity index (χ4n) is 2.31. The molecule has 1 aromatic rings. The number of sulfonamides is 1. The van der Waals surface area contributed by atoms with Crippen molar-refractivity contribution in [2.45, 2.75) is 32.6 Å². The number of allylic oxidation sites excluding steroid dienone is 4. The van der Waals surface area contributed by atoms with E-state index in [0.29, 0.717) is 22.3 Å². The number of carbonyl (C=O) groups is 1. The fourth-order valence-corrected chi connectivity index (χ4v) is 3.41. The molecule has 126 valence electrons. The molecule has 0 fully saturated rings. The Bertz CT molecular complexity index is 905. The molecule has 0 saturated carbocycles. The summed E-state index contributed by atoms with van der Waals surface area (Å²) >= 11 is 0. The first kappa shape index (κ1) is 17.7. The first-order valence-corrected chi connectivity index (χ1v) is 8.50. The molecule has 0 amide bonds. The average Bonchev–Trinajstić information content (AvgIpc) is 2.55. The minimum absolute atomic E-state index is 0.128. The molecule has 2 rings (SSSR count). The minimum Gasteiger partial charge on any atom is -0.289 e. The molecule has 0 radical (unpaired) electrons. The average molecular weight is 348 g/mol. The van der Waals surface area contributed by atoms with E-state index in [0.717, 1.165) is 24.3 Å². The molecule has 1 aliphatic carbocycles. The molecule has 0 spiro atoms. The Balaban J connectivity index is 2.56. The third kappa shape index (κ3) is 3.05. The van der Waals surface area contributed by atoms with Gasteiger partial charge in [-0.05, 0) is 51.0 Å². The van der Waals surface area contributed by atoms with E-state index in [-0.39, 0.29) is 22.1 Å². The highest BCUT2D eigenvalue weighted by atomic mass is 32.2. The summed E-state index contributed by atoms with van der Waals surface area (Å²) in [6.45, 7) is 6.55. The first-order valence-electron chi connectivity index (χ1n) is 7.06. The van der Waals surface area contributed by atoms with Crippen LogP contribution in [0.5, 0.6) is 0 Å². The van der Waals surface area contributed by atoms with Gasteiger partial charge in [0, 0.05) is 23.3 Å². The van der Waals surface area contributed by atoms with Gasteiger partial charge < -0.3 is 0 Å². The second kappa shape index (κ2) is 6.12. The molecule has 0 aromatic heterocycles. The summed E-state index contributed by atoms with van der Waals surface area (Å²) in [6, 6.07) is 4.51. The van der Waals surface area contributed by atoms with Gasteiger partial charge in [0.2, 0.25) is 0 Å². The SMILES string of the molecule is CC1=C(C)C(=NS(=O)(=O)c2ccc([N+](=O)[O-])cc2)C(C)=C(C)C1=O. The Hall–Kier alpha value is -2.61. The van der Waals surface area contributed by atoms with Gasteiger partial charge in [0.05, 0.1) is 15.5 Å². The number of nitro groups is 1. The van der Waals surface area contributed by atoms with Gasteiger partial charge >= 0.3 is 0 Å². The molecule has 0 bridgehead atoms. The molecular weight excluding hydrogens is 332 g/mol. The van der Waals surface area contributed by atoms with E-state index in [1.807, 2.05) is 0 Å². The maximum Gasteiger partial charge on any atom is 0.282 e. The lowest BCUT2D eigenvalue weighted by Gasteiger charge is -2.19. The van der Waals surface area contributed by atoms with Crippen molar-refractivity contribution in [1.29, 1.82) is 0 Å². The van der Waals surface area contributed by atoms with Crippen LogP contribution >= 0.6 is 0 Å². The van der Waals surface area contributed by atoms with Gasteiger partial charge in [-0.1, -0.05) is 0 Å². The van der Waals surface area contributed by atoms with Crippen LogP contribution in [0.1, 0.15) is 27.7 Å². The van der Waals surface area contributed by atoms with Crippen LogP contribution < -0.4 is 0 Å². The lowest BCUT2D eigenvalue weighted by Crippen LogP contribution is -2.20. The highest BCUT2D eigenvalue weighted by Crippen LogP contribution is 2.27. The minimum atomic E-state index is -4.05. The molecular formula is C16H16N2O5S. The van der Waals surface area contributed by atoms with Crippen LogP contribution in [0, 0.1) is 10.1 Å². The third-order valence-corrected chi connectivity index (χ3v) is 5.36. The van der Waals surface area contributed by atoms with E-state index >= 15 is 0 Å². The van der Waals surface area contributed by atoms with E-state index in [2.05, 4.69) is 4.40 Å². The molecule has 24 heavy (non-hydrogen) atoms. The standard InChI is InChI=1S/C16H16N2O5S/c1-9-11(3)16(19)12(4)10(2)15(9)17-24(22,23)14-7-5-13(6-8-14)18(20)21/h5-8H,1-4H3. The van der Waals surface area contributed by atoms with E-state index in [9.17, 15) is 23.3 Å². The second-order valence-corrected chi connectivity index (χ2v) is 7.10. The number of ketones is 1. The van der Waals surface area contributed by atoms with Crippen molar-refractivity contribution in [2.24, 2.45) is 4.40 Å². The van der Waals surface area contributed by atoms with Crippen molar-refractivity contribution in [1.82, 2.24) is 0 Å². The topological polar surface area (TPSA) is 107 Å². The van der Waals surface area contributed by atoms with Gasteiger partial charge in [0.1, 0.15) is 0 Å². The Labute approximate surface area is 139 Å². The number of nitrogens with zero attached hydrogens (tertiary/aromatic N) is 2. The van der Waals surface area contributed by atoms with Gasteiger partial charge in [-0.25, -0.2) is 0 Å². The summed E-state index contributed by atoms with van der Waals surface area (Å²) in [4.78, 5) is 21.9. The zero-order valence-corrected chi connectivity index (χ0v) is 14.5. The normalized spacial score (nSPS) is 15.8. The zero-order valence-electron chi connectivity index (χ0n) is 13.7. The highest BCUT2D eigenvalue weighted by Gasteiger charge is 2.26. The predicted octanol–water partition coefficient (Wildman–Crippen LogP) is 2.98. The van der Waals surface area contributed by atoms with Gasteiger partial charge in [-0.2, -0.15) is 12.8 Å². The Kier molecular flexibility index (Phi) is 4.52. The van der Waals surface area contributed by atoms with Gasteiger partial charge in [0.25, 0.3) is 15.7 Å². The number of Topliss-reactive ketones (excluding diaryl/α,β-unsaturated/α-hetero) is 1. The molecule has 0 N–H and O–H groups in total. The highest BCUT2D eigenvalue weighted by molar-refractivity contribution is 7.90. The van der Waals surface area contributed by atoms with E-state index in [1.54, 1.807) is 27.7 Å². The smallest absolute Gasteiger partial charge is 0.282 e. The number of benzene rings is 1. The largest absolute Gasteiger partial charge is 0.289 e. The number of nitro benzene ring substituents is 1. The molecule has 7 nitrogen and oxygen atoms in total. The quantitative estimate of drug-likeness (QED) is 0.474. The van der Waals surface area contributed by atoms with Crippen molar-refractivity contribution in [2.75, 3.05) is 0 Å². The second-order valence-electron chi connectivity index (χ2n) is 5.50. The Morgan fingerprint density at radius 1 is 0.917 bits per heavy atom. The van der Waals surface area contributed by atoms with Crippen molar-refractivity contribution < 1.29 is 18.1 Å². The van der Waals surface area contributed by atoms with Crippen molar-refractivity contribution in [3.63, 3.8) is 0 Å². The molecule has 0 atom stereocenters. The van der Waals surface area contributed by atoms with Crippen LogP contribution in [-0.2, 0) is 14.8 Å². The summed E-state index contributed by atoms with van der Waals surface area (Å²) in [5.41, 5.74) is 1.96. The van der Waals surface area contributed by atoms with Crippen LogP contribution in [0.15, 0.2) is 55.9 Å². The number of carbonyl (C=O) groups excluding carboxylic acids is 1. The first-order chi connectivity index (χ1) is 11.1. The van der Waals surface area contributed by atoms with Crippen LogP contribution in [0.25, 0.3) is 0 Å². The predicted molar refractivity (Wildman–Crippen MR) is 89.5 cm³/mol. The number of hydrogen-bond donors (Lipinski definition) is 0. The maximum atomic E-state index is 12.5. The lowest BCUT2D eigenvalue weighted by atomic mass is 9.86. The zero-order chi connectivity index (χ0) is 18.2. The van der Waals surface area contributed by atoms with Crippen LogP contribution in [0.2, 0.25) is 0 Å². The molecule has 1 aromatic carbocycles. The van der Waals surface area contributed by atoms with Gasteiger partial charge in [-0.3, -0.25) is 14.9 Å². The van der Waals surface area contributed by atoms with E-state index in [4.69, 9.17) is 0 Å². The number of hydrogen-bond acceptors (Lipinski definition) is 5. The van der Waals surface area contributed by atoms with E-state index in [1.165, 1.54) is 0 Å². The van der Waals surface area contributed by atoms with Crippen LogP contribution in [0.4, 0.5) is 5.69 Å². The summed E-state index contributed by atoms with van der Waals surface area (Å²) in [5, 5.41) is 10.7. The van der Waals surface area contributed by atoms with Crippen LogP contribution in [0.3, 0.4) is 0 Å². The van der Waals surface area contributed by atoms with Crippen molar-refractivity contribution in [3.8, 4) is 0 Å². The summed E-state index contributed by atoms with van der Waals surface area (Å²) in [5.74, 6) is -0.128. The number of non-ortho nitro benzene ring substituents is 1. The van der Waals surface area contributed by atoms with Crippen molar-refractivity contribution in [3.05, 3.63) is 56.7 Å². The van der Waals surface area contributed by atoms with Gasteiger partial charge in [0.15, 0.2) is 5.78 Å². The molecule has 8 heteroatoms. The third-order valence-electron chi connectivity index (χ3n) is 4.07. The Morgan fingerprint density at radius 2 is 1.38 bits per heavy atom. The molecule has 0 saturated heterocycles. The summed E-state index contributed by atoms with van der Waals surface area (Å²) < 4.78 is 28.8. The number of rotatable bonds is 3. The van der Waals surface area contributed by atoms with Crippen molar-refractivity contribution >= 4 is 27.2 Å². The van der Waals surface area contributed by atoms with E-state index < -0.39 is 14.9 Å². The lowest BCUT2D eigenvalue weighted by molar-refractivity contribution is -0.384. The van der Waals surface area contributed by atoms with Gasteiger partial charge in [-0.15, -0.1) is 0 Å². The molecule has 0 unspecified atom stereocenters. The summed E-state index contributed by atoms with van der Waals surface area (Å²) in [7, 11) is -4.05. The molecule has 0 aliphatic heterocycles. The molecule has 0 heterocycles. The maximum absolute atomic E-state index is 12.5. The molecule has 1 aliphatic rings. The fraction of sp³-hybridized carbons (Fsp3) is 0.250. The Morgan fingerprint density at radius 3 is 1.79 bits per heavy atom. The van der Waals surface area contributed by atoms with Crippen LogP contribution in [-0.4, -0.2) is 24.8 Å². The summed E-state index contributed by atoms with van der Waals surface area (Å²) in [6.07, 6.45) is 0.